The average Bonchev–Trinajstić information content (AvgIpc) is 2.32. The van der Waals surface area contributed by atoms with Crippen LogP contribution in [0.1, 0.15) is 33.3 Å². The molecule has 6 nitrogen and oxygen atoms in total. The normalized spacial score (nSPS) is 12.5. The minimum Gasteiger partial charge on any atom is -0.352 e. The summed E-state index contributed by atoms with van der Waals surface area (Å²) in [7, 11) is 0. The summed E-state index contributed by atoms with van der Waals surface area (Å²) in [6, 6.07) is 0.0385. The summed E-state index contributed by atoms with van der Waals surface area (Å²) in [6.45, 7) is 7.66. The van der Waals surface area contributed by atoms with Gasteiger partial charge in [0.2, 0.25) is 5.91 Å². The van der Waals surface area contributed by atoms with E-state index in [4.69, 9.17) is 0 Å². The number of amides is 1. The van der Waals surface area contributed by atoms with Gasteiger partial charge in [-0.1, -0.05) is 20.8 Å². The highest BCUT2D eigenvalue weighted by molar-refractivity contribution is 5.76. The molecular weight excluding hydrogens is 246 g/mol. The van der Waals surface area contributed by atoms with Gasteiger partial charge in [0.15, 0.2) is 0 Å². The van der Waals surface area contributed by atoms with E-state index in [1.807, 2.05) is 27.7 Å². The quantitative estimate of drug-likeness (QED) is 0.802. The molecule has 1 unspecified atom stereocenters. The first kappa shape index (κ1) is 15.2. The molecule has 2 N–H and O–H groups in total. The lowest BCUT2D eigenvalue weighted by atomic mass is 10.1. The van der Waals surface area contributed by atoms with Crippen molar-refractivity contribution in [2.45, 2.75) is 46.7 Å². The van der Waals surface area contributed by atoms with Crippen LogP contribution in [0, 0.1) is 5.92 Å². The lowest BCUT2D eigenvalue weighted by Gasteiger charge is -2.17. The van der Waals surface area contributed by atoms with Crippen LogP contribution >= 0.6 is 0 Å². The van der Waals surface area contributed by atoms with Gasteiger partial charge in [0.1, 0.15) is 6.54 Å². The second-order valence-corrected chi connectivity index (χ2v) is 5.00. The zero-order valence-electron chi connectivity index (χ0n) is 11.8. The van der Waals surface area contributed by atoms with Gasteiger partial charge in [-0.25, -0.2) is 4.79 Å². The Morgan fingerprint density at radius 1 is 1.37 bits per heavy atom. The molecular formula is C13H21N3O3. The summed E-state index contributed by atoms with van der Waals surface area (Å²) in [6.07, 6.45) is 1.96. The molecule has 6 heteroatoms. The van der Waals surface area contributed by atoms with Crippen molar-refractivity contribution in [3.63, 3.8) is 0 Å². The minimum atomic E-state index is -0.561. The van der Waals surface area contributed by atoms with Gasteiger partial charge in [-0.2, -0.15) is 0 Å². The smallest absolute Gasteiger partial charge is 0.328 e. The zero-order chi connectivity index (χ0) is 14.6. The van der Waals surface area contributed by atoms with Crippen molar-refractivity contribution in [3.8, 4) is 0 Å². The van der Waals surface area contributed by atoms with Crippen LogP contribution in [0.15, 0.2) is 15.8 Å². The maximum Gasteiger partial charge on any atom is 0.328 e. The van der Waals surface area contributed by atoms with Crippen LogP contribution in [-0.2, 0) is 17.8 Å². The van der Waals surface area contributed by atoms with Crippen molar-refractivity contribution in [1.29, 1.82) is 0 Å². The van der Waals surface area contributed by atoms with Crippen LogP contribution in [0.3, 0.4) is 0 Å². The molecule has 0 saturated carbocycles. The first-order valence-electron chi connectivity index (χ1n) is 6.47. The number of aryl methyl sites for hydroxylation is 1. The first-order chi connectivity index (χ1) is 8.85. The standard InChI is InChI=1S/C13H21N3O3/c1-5-10-6-16(13(19)15-12(10)18)7-11(17)14-9(4)8(2)3/h6,8-9H,5,7H2,1-4H3,(H,14,17)(H,15,18,19). The maximum atomic E-state index is 11.8. The third-order valence-electron chi connectivity index (χ3n) is 3.17. The van der Waals surface area contributed by atoms with Crippen LogP contribution in [0.4, 0.5) is 0 Å². The van der Waals surface area contributed by atoms with Crippen LogP contribution in [0.25, 0.3) is 0 Å². The topological polar surface area (TPSA) is 84.0 Å². The summed E-state index contributed by atoms with van der Waals surface area (Å²) in [4.78, 5) is 37.0. The Labute approximate surface area is 111 Å². The third kappa shape index (κ3) is 4.08. The van der Waals surface area contributed by atoms with E-state index in [9.17, 15) is 14.4 Å². The number of aromatic nitrogens is 2. The fourth-order valence-corrected chi connectivity index (χ4v) is 1.54. The molecule has 1 aromatic rings. The van der Waals surface area contributed by atoms with Gasteiger partial charge in [0, 0.05) is 17.8 Å². The highest BCUT2D eigenvalue weighted by Gasteiger charge is 2.12. The van der Waals surface area contributed by atoms with E-state index >= 15 is 0 Å². The predicted molar refractivity (Wildman–Crippen MR) is 73.1 cm³/mol. The van der Waals surface area contributed by atoms with Crippen molar-refractivity contribution in [2.24, 2.45) is 5.92 Å². The van der Waals surface area contributed by atoms with E-state index in [-0.39, 0.29) is 24.1 Å². The summed E-state index contributed by atoms with van der Waals surface area (Å²) in [5.41, 5.74) is -0.460. The van der Waals surface area contributed by atoms with Crippen molar-refractivity contribution in [3.05, 3.63) is 32.6 Å². The SMILES string of the molecule is CCc1cn(CC(=O)NC(C)C(C)C)c(=O)[nH]c1=O. The van der Waals surface area contributed by atoms with E-state index in [0.717, 1.165) is 0 Å². The Morgan fingerprint density at radius 3 is 2.53 bits per heavy atom. The van der Waals surface area contributed by atoms with E-state index in [1.165, 1.54) is 10.8 Å². The monoisotopic (exact) mass is 267 g/mol. The predicted octanol–water partition coefficient (Wildman–Crippen LogP) is 0.260. The van der Waals surface area contributed by atoms with Gasteiger partial charge < -0.3 is 5.32 Å². The number of carbonyl (C=O) groups is 1. The average molecular weight is 267 g/mol. The zero-order valence-corrected chi connectivity index (χ0v) is 11.8. The molecule has 1 heterocycles. The molecule has 0 aromatic carbocycles. The number of nitrogens with one attached hydrogen (secondary N) is 2. The molecule has 0 spiro atoms. The molecule has 1 aromatic heterocycles. The van der Waals surface area contributed by atoms with Crippen LogP contribution in [0.2, 0.25) is 0 Å². The van der Waals surface area contributed by atoms with Crippen molar-refractivity contribution >= 4 is 5.91 Å². The van der Waals surface area contributed by atoms with Gasteiger partial charge in [0.05, 0.1) is 0 Å². The van der Waals surface area contributed by atoms with Gasteiger partial charge in [0.25, 0.3) is 5.56 Å². The largest absolute Gasteiger partial charge is 0.352 e. The maximum absolute atomic E-state index is 11.8. The molecule has 0 fully saturated rings. The number of rotatable bonds is 5. The number of H-pyrrole nitrogens is 1. The van der Waals surface area contributed by atoms with Gasteiger partial charge in [-0.05, 0) is 19.3 Å². The van der Waals surface area contributed by atoms with E-state index < -0.39 is 5.69 Å². The molecule has 1 rings (SSSR count). The minimum absolute atomic E-state index is 0.0385. The summed E-state index contributed by atoms with van der Waals surface area (Å²) in [5, 5.41) is 2.82. The first-order valence-corrected chi connectivity index (χ1v) is 6.47. The van der Waals surface area contributed by atoms with Crippen molar-refractivity contribution in [2.75, 3.05) is 0 Å². The Hall–Kier alpha value is -1.85. The van der Waals surface area contributed by atoms with E-state index in [0.29, 0.717) is 17.9 Å². The van der Waals surface area contributed by atoms with Gasteiger partial charge in [-0.3, -0.25) is 19.1 Å². The molecule has 1 amide bonds. The van der Waals surface area contributed by atoms with Crippen molar-refractivity contribution in [1.82, 2.24) is 14.9 Å². The molecule has 0 aliphatic heterocycles. The number of hydrogen-bond acceptors (Lipinski definition) is 3. The summed E-state index contributed by atoms with van der Waals surface area (Å²) >= 11 is 0. The van der Waals surface area contributed by atoms with E-state index in [1.54, 1.807) is 0 Å². The van der Waals surface area contributed by atoms with Gasteiger partial charge in [-0.15, -0.1) is 0 Å². The molecule has 106 valence electrons. The highest BCUT2D eigenvalue weighted by Crippen LogP contribution is 1.99. The Bertz CT molecular complexity index is 557. The fraction of sp³-hybridized carbons (Fsp3) is 0.615. The lowest BCUT2D eigenvalue weighted by Crippen LogP contribution is -2.41. The molecule has 0 aliphatic carbocycles. The molecule has 0 aliphatic rings. The lowest BCUT2D eigenvalue weighted by molar-refractivity contribution is -0.122. The summed E-state index contributed by atoms with van der Waals surface area (Å²) in [5.74, 6) is 0.0832. The van der Waals surface area contributed by atoms with Crippen LogP contribution < -0.4 is 16.6 Å². The Morgan fingerprint density at radius 2 is 2.00 bits per heavy atom. The van der Waals surface area contributed by atoms with Crippen LogP contribution in [0.5, 0.6) is 0 Å². The molecule has 1 atom stereocenters. The second-order valence-electron chi connectivity index (χ2n) is 5.00. The van der Waals surface area contributed by atoms with Crippen molar-refractivity contribution < 1.29 is 4.79 Å². The fourth-order valence-electron chi connectivity index (χ4n) is 1.54. The number of nitrogens with zero attached hydrogens (tertiary/aromatic N) is 1. The third-order valence-corrected chi connectivity index (χ3v) is 3.17. The molecule has 0 saturated heterocycles. The van der Waals surface area contributed by atoms with E-state index in [2.05, 4.69) is 10.3 Å². The molecule has 19 heavy (non-hydrogen) atoms. The molecule has 0 bridgehead atoms. The molecule has 0 radical (unpaired) electrons. The summed E-state index contributed by atoms with van der Waals surface area (Å²) < 4.78 is 1.22. The highest BCUT2D eigenvalue weighted by atomic mass is 16.2. The number of carbonyl (C=O) groups excluding carboxylic acids is 1. The van der Waals surface area contributed by atoms with Gasteiger partial charge >= 0.3 is 5.69 Å². The second kappa shape index (κ2) is 6.36. The van der Waals surface area contributed by atoms with Crippen LogP contribution in [-0.4, -0.2) is 21.5 Å². The Kier molecular flexibility index (Phi) is 5.09. The number of aromatic amines is 1. The number of hydrogen-bond donors (Lipinski definition) is 2. The Balaban J connectivity index is 2.85.